The summed E-state index contributed by atoms with van der Waals surface area (Å²) in [4.78, 5) is 27.5. The Morgan fingerprint density at radius 1 is 1.03 bits per heavy atom. The topological polar surface area (TPSA) is 74.6 Å². The minimum Gasteiger partial charge on any atom is -0.457 e. The fourth-order valence-electron chi connectivity index (χ4n) is 2.95. The number of hydrogen-bond donors (Lipinski definition) is 2. The van der Waals surface area contributed by atoms with Gasteiger partial charge in [-0.2, -0.15) is 0 Å². The van der Waals surface area contributed by atoms with E-state index >= 15 is 0 Å². The van der Waals surface area contributed by atoms with Gasteiger partial charge in [0.15, 0.2) is 0 Å². The van der Waals surface area contributed by atoms with E-state index in [4.69, 9.17) is 27.6 Å². The summed E-state index contributed by atoms with van der Waals surface area (Å²) in [6, 6.07) is 15.6. The van der Waals surface area contributed by atoms with Gasteiger partial charge in [-0.25, -0.2) is 0 Å². The maximum atomic E-state index is 12.8. The zero-order valence-electron chi connectivity index (χ0n) is 18.6. The summed E-state index contributed by atoms with van der Waals surface area (Å²) in [5, 5.41) is 6.48. The summed E-state index contributed by atoms with van der Waals surface area (Å²) in [6.45, 7) is 3.02. The molecule has 0 saturated heterocycles. The predicted octanol–water partition coefficient (Wildman–Crippen LogP) is 5.01. The smallest absolute Gasteiger partial charge is 0.267 e. The minimum atomic E-state index is -0.417. The van der Waals surface area contributed by atoms with Gasteiger partial charge in [-0.1, -0.05) is 40.9 Å². The molecular weight excluding hydrogens is 461 g/mol. The first-order valence-corrected chi connectivity index (χ1v) is 11.1. The van der Waals surface area contributed by atoms with E-state index in [9.17, 15) is 9.59 Å². The normalized spacial score (nSPS) is 11.5. The van der Waals surface area contributed by atoms with E-state index in [-0.39, 0.29) is 5.70 Å². The van der Waals surface area contributed by atoms with Crippen LogP contribution in [0.2, 0.25) is 10.0 Å². The Hall–Kier alpha value is -3.06. The van der Waals surface area contributed by atoms with Crippen LogP contribution in [0.25, 0.3) is 17.4 Å². The van der Waals surface area contributed by atoms with Gasteiger partial charge in [0.1, 0.15) is 17.2 Å². The van der Waals surface area contributed by atoms with Crippen LogP contribution >= 0.6 is 23.2 Å². The van der Waals surface area contributed by atoms with Crippen LogP contribution in [0.4, 0.5) is 0 Å². The van der Waals surface area contributed by atoms with Crippen LogP contribution in [-0.2, 0) is 4.79 Å². The van der Waals surface area contributed by atoms with Crippen molar-refractivity contribution in [3.63, 3.8) is 0 Å². The summed E-state index contributed by atoms with van der Waals surface area (Å²) >= 11 is 12.2. The molecule has 0 aliphatic rings. The van der Waals surface area contributed by atoms with Crippen LogP contribution in [-0.4, -0.2) is 43.9 Å². The van der Waals surface area contributed by atoms with Gasteiger partial charge in [-0.05, 0) is 63.5 Å². The van der Waals surface area contributed by atoms with E-state index in [0.717, 1.165) is 5.56 Å². The number of aryl methyl sites for hydroxylation is 1. The fraction of sp³-hybridized carbons (Fsp3) is 0.200. The molecule has 33 heavy (non-hydrogen) atoms. The Morgan fingerprint density at radius 3 is 2.42 bits per heavy atom. The zero-order chi connectivity index (χ0) is 24.0. The molecule has 2 aromatic carbocycles. The van der Waals surface area contributed by atoms with E-state index in [1.807, 2.05) is 38.1 Å². The number of carbonyl (C=O) groups is 2. The Labute approximate surface area is 203 Å². The van der Waals surface area contributed by atoms with Crippen molar-refractivity contribution in [1.82, 2.24) is 15.5 Å². The molecule has 0 atom stereocenters. The van der Waals surface area contributed by atoms with Crippen LogP contribution in [0.5, 0.6) is 0 Å². The molecular formula is C25H25Cl2N3O3. The molecule has 0 bridgehead atoms. The highest BCUT2D eigenvalue weighted by Gasteiger charge is 2.16. The highest BCUT2D eigenvalue weighted by atomic mass is 35.5. The van der Waals surface area contributed by atoms with Crippen LogP contribution in [0, 0.1) is 6.92 Å². The Kier molecular flexibility index (Phi) is 8.33. The Balaban J connectivity index is 1.86. The number of nitrogens with zero attached hydrogens (tertiary/aromatic N) is 1. The number of benzene rings is 2. The lowest BCUT2D eigenvalue weighted by molar-refractivity contribution is -0.117. The predicted molar refractivity (Wildman–Crippen MR) is 132 cm³/mol. The van der Waals surface area contributed by atoms with Gasteiger partial charge < -0.3 is 20.0 Å². The van der Waals surface area contributed by atoms with Crippen molar-refractivity contribution in [2.45, 2.75) is 6.92 Å². The van der Waals surface area contributed by atoms with E-state index < -0.39 is 11.8 Å². The lowest BCUT2D eigenvalue weighted by Gasteiger charge is -2.13. The number of halogens is 2. The fourth-order valence-corrected chi connectivity index (χ4v) is 3.45. The number of amides is 2. The average Bonchev–Trinajstić information content (AvgIpc) is 3.21. The quantitative estimate of drug-likeness (QED) is 0.439. The molecule has 0 fully saturated rings. The van der Waals surface area contributed by atoms with Crippen LogP contribution in [0.1, 0.15) is 21.7 Å². The molecule has 0 spiro atoms. The first-order chi connectivity index (χ1) is 15.7. The van der Waals surface area contributed by atoms with Crippen molar-refractivity contribution < 1.29 is 14.0 Å². The highest BCUT2D eigenvalue weighted by Crippen LogP contribution is 2.31. The monoisotopic (exact) mass is 485 g/mol. The lowest BCUT2D eigenvalue weighted by Crippen LogP contribution is -2.37. The van der Waals surface area contributed by atoms with Crippen molar-refractivity contribution in [2.24, 2.45) is 0 Å². The van der Waals surface area contributed by atoms with Gasteiger partial charge >= 0.3 is 0 Å². The zero-order valence-corrected chi connectivity index (χ0v) is 20.1. The summed E-state index contributed by atoms with van der Waals surface area (Å²) < 4.78 is 5.87. The summed E-state index contributed by atoms with van der Waals surface area (Å²) in [5.74, 6) is 0.0921. The van der Waals surface area contributed by atoms with Gasteiger partial charge in [0.05, 0.1) is 5.02 Å². The molecule has 2 N–H and O–H groups in total. The van der Waals surface area contributed by atoms with E-state index in [1.165, 1.54) is 6.08 Å². The number of rotatable bonds is 8. The van der Waals surface area contributed by atoms with E-state index in [2.05, 4.69) is 10.6 Å². The van der Waals surface area contributed by atoms with Crippen molar-refractivity contribution in [3.8, 4) is 11.3 Å². The van der Waals surface area contributed by atoms with Gasteiger partial charge in [0.2, 0.25) is 0 Å². The molecule has 3 aromatic rings. The van der Waals surface area contributed by atoms with Crippen molar-refractivity contribution in [1.29, 1.82) is 0 Å². The molecule has 0 saturated carbocycles. The average molecular weight is 486 g/mol. The molecule has 0 aliphatic heterocycles. The molecule has 0 radical (unpaired) electrons. The van der Waals surface area contributed by atoms with E-state index in [0.29, 0.717) is 45.8 Å². The second-order valence-corrected chi connectivity index (χ2v) is 8.61. The number of hydrogen-bond acceptors (Lipinski definition) is 4. The molecule has 1 heterocycles. The third-order valence-corrected chi connectivity index (χ3v) is 5.31. The maximum Gasteiger partial charge on any atom is 0.267 e. The highest BCUT2D eigenvalue weighted by molar-refractivity contribution is 6.36. The van der Waals surface area contributed by atoms with Crippen molar-refractivity contribution in [2.75, 3.05) is 27.2 Å². The third-order valence-electron chi connectivity index (χ3n) is 4.76. The largest absolute Gasteiger partial charge is 0.457 e. The first kappa shape index (κ1) is 24.6. The molecule has 6 nitrogen and oxygen atoms in total. The third kappa shape index (κ3) is 6.96. The van der Waals surface area contributed by atoms with Crippen LogP contribution in [0.15, 0.2) is 64.7 Å². The van der Waals surface area contributed by atoms with Gasteiger partial charge in [0, 0.05) is 35.3 Å². The Morgan fingerprint density at radius 2 is 1.76 bits per heavy atom. The second kappa shape index (κ2) is 11.2. The van der Waals surface area contributed by atoms with Crippen molar-refractivity contribution >= 4 is 41.1 Å². The van der Waals surface area contributed by atoms with Gasteiger partial charge in [-0.15, -0.1) is 0 Å². The van der Waals surface area contributed by atoms with Gasteiger partial charge in [-0.3, -0.25) is 9.59 Å². The number of nitrogens with one attached hydrogen (secondary N) is 2. The van der Waals surface area contributed by atoms with Crippen molar-refractivity contribution in [3.05, 3.63) is 87.2 Å². The lowest BCUT2D eigenvalue weighted by atomic mass is 10.1. The number of furan rings is 1. The SMILES string of the molecule is Cc1ccc(C(=O)N/C(=C/c2ccc(-c3ccc(Cl)cc3Cl)o2)C(=O)NCCN(C)C)cc1. The molecule has 2 amide bonds. The maximum absolute atomic E-state index is 12.8. The second-order valence-electron chi connectivity index (χ2n) is 7.76. The van der Waals surface area contributed by atoms with Gasteiger partial charge in [0.25, 0.3) is 11.8 Å². The molecule has 0 unspecified atom stereocenters. The molecule has 172 valence electrons. The standard InChI is InChI=1S/C25H25Cl2N3O3/c1-16-4-6-17(7-5-16)24(31)29-22(25(32)28-12-13-30(2)3)15-19-9-11-23(33-19)20-10-8-18(26)14-21(20)27/h4-11,14-15H,12-13H2,1-3H3,(H,28,32)(H,29,31)/b22-15+. The summed E-state index contributed by atoms with van der Waals surface area (Å²) in [5.41, 5.74) is 2.22. The minimum absolute atomic E-state index is 0.0717. The summed E-state index contributed by atoms with van der Waals surface area (Å²) in [7, 11) is 3.82. The summed E-state index contributed by atoms with van der Waals surface area (Å²) in [6.07, 6.45) is 1.49. The number of carbonyl (C=O) groups excluding carboxylic acids is 2. The number of likely N-dealkylation sites (N-methyl/N-ethyl adjacent to an activating group) is 1. The van der Waals surface area contributed by atoms with Crippen LogP contribution < -0.4 is 10.6 Å². The molecule has 3 rings (SSSR count). The molecule has 1 aromatic heterocycles. The van der Waals surface area contributed by atoms with Crippen LogP contribution in [0.3, 0.4) is 0 Å². The molecule has 8 heteroatoms. The van der Waals surface area contributed by atoms with E-state index in [1.54, 1.807) is 42.5 Å². The molecule has 0 aliphatic carbocycles. The Bertz CT molecular complexity index is 1170. The first-order valence-electron chi connectivity index (χ1n) is 10.3.